The molecule has 1 aromatic carbocycles. The molecule has 8 nitrogen and oxygen atoms in total. The third-order valence-corrected chi connectivity index (χ3v) is 7.89. The molecular formula is C14H19NO7S2. The first kappa shape index (κ1) is 17.5. The normalized spacial score (nSPS) is 26.8. The summed E-state index contributed by atoms with van der Waals surface area (Å²) >= 11 is 0. The number of sulfone groups is 1. The van der Waals surface area contributed by atoms with Crippen molar-refractivity contribution in [3.8, 4) is 11.5 Å². The summed E-state index contributed by atoms with van der Waals surface area (Å²) in [7, 11) is -4.40. The third-order valence-electron chi connectivity index (χ3n) is 4.24. The van der Waals surface area contributed by atoms with Gasteiger partial charge in [0, 0.05) is 12.6 Å². The molecule has 0 N–H and O–H groups in total. The third kappa shape index (κ3) is 2.99. The lowest BCUT2D eigenvalue weighted by Crippen LogP contribution is -2.53. The van der Waals surface area contributed by atoms with Crippen molar-refractivity contribution in [2.45, 2.75) is 17.0 Å². The standard InChI is InChI=1S/C14H19NO7S2/c1-20-10-3-4-14(12(7-10)21-2)24(18,19)15-5-6-22-13-9-23(16,17)8-11(13)15/h3-4,7,11,13H,5-6,8-9H2,1-2H3. The molecule has 2 heterocycles. The Morgan fingerprint density at radius 2 is 1.96 bits per heavy atom. The van der Waals surface area contributed by atoms with Crippen molar-refractivity contribution >= 4 is 19.9 Å². The van der Waals surface area contributed by atoms with Crippen LogP contribution in [-0.4, -0.2) is 72.2 Å². The maximum atomic E-state index is 13.1. The Hall–Kier alpha value is -1.36. The van der Waals surface area contributed by atoms with Crippen LogP contribution in [0, 0.1) is 0 Å². The van der Waals surface area contributed by atoms with Gasteiger partial charge in [0.15, 0.2) is 9.84 Å². The number of rotatable bonds is 4. The van der Waals surface area contributed by atoms with Gasteiger partial charge in [0.2, 0.25) is 10.0 Å². The van der Waals surface area contributed by atoms with E-state index >= 15 is 0 Å². The Morgan fingerprint density at radius 3 is 2.62 bits per heavy atom. The lowest BCUT2D eigenvalue weighted by molar-refractivity contribution is -0.0142. The van der Waals surface area contributed by atoms with E-state index in [1.165, 1.54) is 36.7 Å². The summed E-state index contributed by atoms with van der Waals surface area (Å²) < 4.78 is 66.8. The molecule has 2 atom stereocenters. The Labute approximate surface area is 141 Å². The van der Waals surface area contributed by atoms with Crippen molar-refractivity contribution in [3.63, 3.8) is 0 Å². The van der Waals surface area contributed by atoms with Crippen LogP contribution in [-0.2, 0) is 24.6 Å². The van der Waals surface area contributed by atoms with E-state index < -0.39 is 32.0 Å². The monoisotopic (exact) mass is 377 g/mol. The van der Waals surface area contributed by atoms with Gasteiger partial charge in [0.1, 0.15) is 16.4 Å². The number of benzene rings is 1. The topological polar surface area (TPSA) is 99.2 Å². The SMILES string of the molecule is COc1ccc(S(=O)(=O)N2CCOC3CS(=O)(=O)CC32)c(OC)c1. The van der Waals surface area contributed by atoms with Gasteiger partial charge in [0.25, 0.3) is 0 Å². The molecule has 0 amide bonds. The fraction of sp³-hybridized carbons (Fsp3) is 0.571. The molecule has 0 aliphatic carbocycles. The number of ether oxygens (including phenoxy) is 3. The second-order valence-corrected chi connectivity index (χ2v) is 9.70. The van der Waals surface area contributed by atoms with Crippen LogP contribution in [0.1, 0.15) is 0 Å². The highest BCUT2D eigenvalue weighted by molar-refractivity contribution is 7.92. The van der Waals surface area contributed by atoms with Crippen LogP contribution in [0.4, 0.5) is 0 Å². The van der Waals surface area contributed by atoms with E-state index in [0.717, 1.165) is 0 Å². The van der Waals surface area contributed by atoms with E-state index in [9.17, 15) is 16.8 Å². The number of nitrogens with zero attached hydrogens (tertiary/aromatic N) is 1. The summed E-state index contributed by atoms with van der Waals surface area (Å²) in [5, 5.41) is 0. The van der Waals surface area contributed by atoms with Gasteiger partial charge in [0.05, 0.1) is 44.5 Å². The summed E-state index contributed by atoms with van der Waals surface area (Å²) in [4.78, 5) is -0.0178. The van der Waals surface area contributed by atoms with E-state index in [4.69, 9.17) is 14.2 Å². The van der Waals surface area contributed by atoms with Gasteiger partial charge in [-0.1, -0.05) is 0 Å². The lowest BCUT2D eigenvalue weighted by Gasteiger charge is -2.35. The molecule has 2 aliphatic rings. The number of fused-ring (bicyclic) bond motifs is 1. The van der Waals surface area contributed by atoms with Crippen LogP contribution in [0.3, 0.4) is 0 Å². The van der Waals surface area contributed by atoms with Crippen molar-refractivity contribution < 1.29 is 31.0 Å². The van der Waals surface area contributed by atoms with Gasteiger partial charge >= 0.3 is 0 Å². The summed E-state index contributed by atoms with van der Waals surface area (Å²) in [6, 6.07) is 3.70. The first-order valence-corrected chi connectivity index (χ1v) is 10.6. The Bertz CT molecular complexity index is 835. The molecule has 134 valence electrons. The summed E-state index contributed by atoms with van der Waals surface area (Å²) in [5.74, 6) is 0.242. The fourth-order valence-corrected chi connectivity index (χ4v) is 6.83. The summed E-state index contributed by atoms with van der Waals surface area (Å²) in [5.41, 5.74) is 0. The largest absolute Gasteiger partial charge is 0.497 e. The smallest absolute Gasteiger partial charge is 0.247 e. The maximum absolute atomic E-state index is 13.1. The van der Waals surface area contributed by atoms with Crippen LogP contribution < -0.4 is 9.47 Å². The highest BCUT2D eigenvalue weighted by atomic mass is 32.2. The molecule has 0 spiro atoms. The minimum atomic E-state index is -3.93. The highest BCUT2D eigenvalue weighted by Crippen LogP contribution is 2.34. The van der Waals surface area contributed by atoms with Gasteiger partial charge in [-0.2, -0.15) is 4.31 Å². The van der Waals surface area contributed by atoms with Gasteiger partial charge in [-0.15, -0.1) is 0 Å². The van der Waals surface area contributed by atoms with Gasteiger partial charge in [-0.25, -0.2) is 16.8 Å². The zero-order valence-corrected chi connectivity index (χ0v) is 15.0. The molecule has 0 aromatic heterocycles. The fourth-order valence-electron chi connectivity index (χ4n) is 3.10. The van der Waals surface area contributed by atoms with Gasteiger partial charge in [-0.3, -0.25) is 0 Å². The van der Waals surface area contributed by atoms with Crippen molar-refractivity contribution in [3.05, 3.63) is 18.2 Å². The molecule has 2 aliphatic heterocycles. The second-order valence-electron chi connectivity index (χ2n) is 5.69. The quantitative estimate of drug-likeness (QED) is 0.722. The lowest BCUT2D eigenvalue weighted by atomic mass is 10.2. The van der Waals surface area contributed by atoms with E-state index in [2.05, 4.69) is 0 Å². The molecule has 24 heavy (non-hydrogen) atoms. The second kappa shape index (κ2) is 6.17. The number of hydrogen-bond acceptors (Lipinski definition) is 7. The summed E-state index contributed by atoms with van der Waals surface area (Å²) in [6.07, 6.45) is -0.622. The predicted octanol–water partition coefficient (Wildman–Crippen LogP) is -0.110. The van der Waals surface area contributed by atoms with Gasteiger partial charge < -0.3 is 14.2 Å². The molecular weight excluding hydrogens is 358 g/mol. The summed E-state index contributed by atoms with van der Waals surface area (Å²) in [6.45, 7) is 0.266. The van der Waals surface area contributed by atoms with Crippen molar-refractivity contribution in [2.24, 2.45) is 0 Å². The van der Waals surface area contributed by atoms with E-state index in [0.29, 0.717) is 5.75 Å². The molecule has 0 saturated carbocycles. The molecule has 0 bridgehead atoms. The molecule has 2 fully saturated rings. The zero-order valence-electron chi connectivity index (χ0n) is 13.3. The molecule has 1 aromatic rings. The number of sulfonamides is 1. The van der Waals surface area contributed by atoms with E-state index in [1.807, 2.05) is 0 Å². The molecule has 2 unspecified atom stereocenters. The van der Waals surface area contributed by atoms with Crippen molar-refractivity contribution in [1.82, 2.24) is 4.31 Å². The minimum Gasteiger partial charge on any atom is -0.497 e. The Kier molecular flexibility index (Phi) is 4.49. The van der Waals surface area contributed by atoms with Crippen LogP contribution in [0.5, 0.6) is 11.5 Å². The number of methoxy groups -OCH3 is 2. The number of hydrogen-bond donors (Lipinski definition) is 0. The number of morpholine rings is 1. The van der Waals surface area contributed by atoms with E-state index in [1.54, 1.807) is 0 Å². The predicted molar refractivity (Wildman–Crippen MR) is 85.6 cm³/mol. The zero-order chi connectivity index (χ0) is 17.5. The average Bonchev–Trinajstić information content (AvgIpc) is 2.87. The van der Waals surface area contributed by atoms with Crippen LogP contribution in [0.25, 0.3) is 0 Å². The Morgan fingerprint density at radius 1 is 1.21 bits per heavy atom. The first-order valence-electron chi connectivity index (χ1n) is 7.34. The molecule has 0 radical (unpaired) electrons. The first-order chi connectivity index (χ1) is 11.3. The highest BCUT2D eigenvalue weighted by Gasteiger charge is 2.48. The maximum Gasteiger partial charge on any atom is 0.247 e. The molecule has 10 heteroatoms. The molecule has 2 saturated heterocycles. The van der Waals surface area contributed by atoms with Gasteiger partial charge in [-0.05, 0) is 12.1 Å². The van der Waals surface area contributed by atoms with Crippen molar-refractivity contribution in [2.75, 3.05) is 38.9 Å². The molecule has 3 rings (SSSR count). The Balaban J connectivity index is 2.01. The minimum absolute atomic E-state index is 0.0178. The van der Waals surface area contributed by atoms with E-state index in [-0.39, 0.29) is 35.3 Å². The van der Waals surface area contributed by atoms with Crippen molar-refractivity contribution in [1.29, 1.82) is 0 Å². The van der Waals surface area contributed by atoms with Crippen LogP contribution in [0.15, 0.2) is 23.1 Å². The van der Waals surface area contributed by atoms with Crippen LogP contribution in [0.2, 0.25) is 0 Å². The average molecular weight is 377 g/mol. The van der Waals surface area contributed by atoms with Crippen LogP contribution >= 0.6 is 0 Å².